The van der Waals surface area contributed by atoms with Crippen molar-refractivity contribution < 1.29 is 9.90 Å². The third-order valence-electron chi connectivity index (χ3n) is 3.80. The summed E-state index contributed by atoms with van der Waals surface area (Å²) in [6, 6.07) is 10.7. The Labute approximate surface area is 128 Å². The molecule has 2 heteroatoms. The van der Waals surface area contributed by atoms with Crippen molar-refractivity contribution in [2.45, 2.75) is 64.7 Å². The second-order valence-corrected chi connectivity index (χ2v) is 5.69. The lowest BCUT2D eigenvalue weighted by Gasteiger charge is -2.02. The van der Waals surface area contributed by atoms with E-state index in [0.717, 1.165) is 12.8 Å². The molecule has 0 unspecified atom stereocenters. The first-order chi connectivity index (χ1) is 10.2. The summed E-state index contributed by atoms with van der Waals surface area (Å²) < 4.78 is 0. The van der Waals surface area contributed by atoms with Gasteiger partial charge in [-0.1, -0.05) is 68.5 Å². The fraction of sp³-hybridized carbons (Fsp3) is 0.526. The number of aliphatic carboxylic acids is 1. The maximum Gasteiger partial charge on any atom is 0.330 e. The minimum absolute atomic E-state index is 0.468. The van der Waals surface area contributed by atoms with Gasteiger partial charge in [-0.15, -0.1) is 0 Å². The van der Waals surface area contributed by atoms with Gasteiger partial charge in [0.25, 0.3) is 0 Å². The second-order valence-electron chi connectivity index (χ2n) is 5.69. The Bertz CT molecular complexity index is 420. The average molecular weight is 288 g/mol. The van der Waals surface area contributed by atoms with Crippen molar-refractivity contribution in [3.63, 3.8) is 0 Å². The van der Waals surface area contributed by atoms with Gasteiger partial charge in [0.2, 0.25) is 0 Å². The van der Waals surface area contributed by atoms with Crippen molar-refractivity contribution in [3.05, 3.63) is 47.5 Å². The molecule has 1 aromatic rings. The van der Waals surface area contributed by atoms with Crippen LogP contribution in [0.2, 0.25) is 0 Å². The highest BCUT2D eigenvalue weighted by Crippen LogP contribution is 2.11. The standard InChI is InChI=1S/C19H28O2/c1-17(19(20)21)13-9-6-4-2-3-5-7-10-14-18-15-11-8-12-16-18/h8,11-13,15-16H,2-7,9-10,14H2,1H3,(H,20,21). The molecule has 1 aromatic carbocycles. The summed E-state index contributed by atoms with van der Waals surface area (Å²) in [5.74, 6) is -0.798. The molecule has 0 aliphatic rings. The molecule has 0 saturated carbocycles. The molecule has 0 spiro atoms. The van der Waals surface area contributed by atoms with Crippen LogP contribution in [0.15, 0.2) is 42.0 Å². The first kappa shape index (κ1) is 17.5. The van der Waals surface area contributed by atoms with Gasteiger partial charge in [0, 0.05) is 5.57 Å². The SMILES string of the molecule is CC(=CCCCCCCCCCc1ccccc1)C(=O)O. The van der Waals surface area contributed by atoms with Crippen molar-refractivity contribution in [1.82, 2.24) is 0 Å². The third-order valence-corrected chi connectivity index (χ3v) is 3.80. The molecule has 0 atom stereocenters. The zero-order chi connectivity index (χ0) is 15.3. The predicted molar refractivity (Wildman–Crippen MR) is 88.5 cm³/mol. The molecule has 0 radical (unpaired) electrons. The molecule has 1 N–H and O–H groups in total. The van der Waals surface area contributed by atoms with E-state index in [2.05, 4.69) is 30.3 Å². The molecule has 0 aliphatic heterocycles. The number of rotatable bonds is 11. The van der Waals surface area contributed by atoms with Gasteiger partial charge in [-0.3, -0.25) is 0 Å². The van der Waals surface area contributed by atoms with E-state index >= 15 is 0 Å². The highest BCUT2D eigenvalue weighted by atomic mass is 16.4. The van der Waals surface area contributed by atoms with E-state index in [9.17, 15) is 4.79 Å². The molecule has 1 rings (SSSR count). The molecular weight excluding hydrogens is 260 g/mol. The van der Waals surface area contributed by atoms with Crippen LogP contribution in [0, 0.1) is 0 Å². The van der Waals surface area contributed by atoms with Gasteiger partial charge in [-0.2, -0.15) is 0 Å². The highest BCUT2D eigenvalue weighted by molar-refractivity contribution is 5.85. The number of hydrogen-bond donors (Lipinski definition) is 1. The first-order valence-electron chi connectivity index (χ1n) is 8.14. The summed E-state index contributed by atoms with van der Waals surface area (Å²) in [6.45, 7) is 1.66. The maximum absolute atomic E-state index is 10.6. The Morgan fingerprint density at radius 1 is 0.952 bits per heavy atom. The molecule has 0 heterocycles. The second kappa shape index (κ2) is 11.1. The normalized spacial score (nSPS) is 11.6. The Hall–Kier alpha value is -1.57. The number of carboxylic acid groups (broad SMARTS) is 1. The van der Waals surface area contributed by atoms with Crippen LogP contribution in [0.25, 0.3) is 0 Å². The minimum Gasteiger partial charge on any atom is -0.478 e. The Balaban J connectivity index is 1.89. The fourth-order valence-corrected chi connectivity index (χ4v) is 2.41. The number of aryl methyl sites for hydroxylation is 1. The number of hydrogen-bond acceptors (Lipinski definition) is 1. The van der Waals surface area contributed by atoms with E-state index in [1.165, 1.54) is 50.5 Å². The zero-order valence-corrected chi connectivity index (χ0v) is 13.2. The van der Waals surface area contributed by atoms with Crippen LogP contribution < -0.4 is 0 Å². The van der Waals surface area contributed by atoms with Crippen LogP contribution in [0.3, 0.4) is 0 Å². The molecule has 0 aliphatic carbocycles. The van der Waals surface area contributed by atoms with E-state index in [1.807, 2.05) is 6.08 Å². The van der Waals surface area contributed by atoms with Crippen molar-refractivity contribution in [3.8, 4) is 0 Å². The van der Waals surface area contributed by atoms with Crippen LogP contribution in [0.5, 0.6) is 0 Å². The van der Waals surface area contributed by atoms with Gasteiger partial charge in [0.05, 0.1) is 0 Å². The monoisotopic (exact) mass is 288 g/mol. The third kappa shape index (κ3) is 9.06. The van der Waals surface area contributed by atoms with E-state index in [-0.39, 0.29) is 0 Å². The summed E-state index contributed by atoms with van der Waals surface area (Å²) in [5, 5.41) is 8.72. The van der Waals surface area contributed by atoms with Crippen LogP contribution in [0.4, 0.5) is 0 Å². The van der Waals surface area contributed by atoms with Gasteiger partial charge in [0.1, 0.15) is 0 Å². The van der Waals surface area contributed by atoms with Crippen molar-refractivity contribution >= 4 is 5.97 Å². The molecule has 0 amide bonds. The van der Waals surface area contributed by atoms with Crippen molar-refractivity contribution in [2.75, 3.05) is 0 Å². The van der Waals surface area contributed by atoms with Gasteiger partial charge < -0.3 is 5.11 Å². The quantitative estimate of drug-likeness (QED) is 0.438. The van der Waals surface area contributed by atoms with Crippen LogP contribution >= 0.6 is 0 Å². The number of carbonyl (C=O) groups is 1. The lowest BCUT2D eigenvalue weighted by molar-refractivity contribution is -0.132. The van der Waals surface area contributed by atoms with E-state index in [0.29, 0.717) is 5.57 Å². The summed E-state index contributed by atoms with van der Waals surface area (Å²) in [4.78, 5) is 10.6. The molecule has 0 bridgehead atoms. The Morgan fingerprint density at radius 2 is 1.52 bits per heavy atom. The summed E-state index contributed by atoms with van der Waals surface area (Å²) in [5.41, 5.74) is 1.91. The molecule has 0 saturated heterocycles. The number of allylic oxidation sites excluding steroid dienone is 1. The van der Waals surface area contributed by atoms with E-state index in [4.69, 9.17) is 5.11 Å². The number of carboxylic acids is 1. The molecule has 0 fully saturated rings. The smallest absolute Gasteiger partial charge is 0.330 e. The van der Waals surface area contributed by atoms with Crippen molar-refractivity contribution in [1.29, 1.82) is 0 Å². The van der Waals surface area contributed by atoms with E-state index in [1.54, 1.807) is 6.92 Å². The van der Waals surface area contributed by atoms with Crippen LogP contribution in [-0.2, 0) is 11.2 Å². The Morgan fingerprint density at radius 3 is 2.14 bits per heavy atom. The number of unbranched alkanes of at least 4 members (excludes halogenated alkanes) is 7. The average Bonchev–Trinajstić information content (AvgIpc) is 2.49. The molecule has 116 valence electrons. The molecular formula is C19H28O2. The summed E-state index contributed by atoms with van der Waals surface area (Å²) >= 11 is 0. The lowest BCUT2D eigenvalue weighted by Crippen LogP contribution is -1.95. The van der Waals surface area contributed by atoms with Crippen LogP contribution in [0.1, 0.15) is 63.9 Å². The van der Waals surface area contributed by atoms with Gasteiger partial charge >= 0.3 is 5.97 Å². The topological polar surface area (TPSA) is 37.3 Å². The summed E-state index contributed by atoms with van der Waals surface area (Å²) in [6.07, 6.45) is 12.7. The zero-order valence-electron chi connectivity index (χ0n) is 13.2. The predicted octanol–water partition coefficient (Wildman–Crippen LogP) is 5.38. The highest BCUT2D eigenvalue weighted by Gasteiger charge is 1.98. The lowest BCUT2D eigenvalue weighted by atomic mass is 10.0. The largest absolute Gasteiger partial charge is 0.478 e. The van der Waals surface area contributed by atoms with Gasteiger partial charge in [-0.05, 0) is 38.2 Å². The first-order valence-corrected chi connectivity index (χ1v) is 8.14. The van der Waals surface area contributed by atoms with Gasteiger partial charge in [-0.25, -0.2) is 4.79 Å². The van der Waals surface area contributed by atoms with Crippen molar-refractivity contribution in [2.24, 2.45) is 0 Å². The van der Waals surface area contributed by atoms with E-state index < -0.39 is 5.97 Å². The van der Waals surface area contributed by atoms with Crippen LogP contribution in [-0.4, -0.2) is 11.1 Å². The summed E-state index contributed by atoms with van der Waals surface area (Å²) in [7, 11) is 0. The molecule has 2 nitrogen and oxygen atoms in total. The molecule has 0 aromatic heterocycles. The van der Waals surface area contributed by atoms with Gasteiger partial charge in [0.15, 0.2) is 0 Å². The minimum atomic E-state index is -0.798. The molecule has 21 heavy (non-hydrogen) atoms. The fourth-order valence-electron chi connectivity index (χ4n) is 2.41. The maximum atomic E-state index is 10.6. The Kier molecular flexibility index (Phi) is 9.26. The number of benzene rings is 1.